The number of pyridine rings is 1. The Kier molecular flexibility index (Phi) is 3.84. The van der Waals surface area contributed by atoms with Crippen LogP contribution in [-0.2, 0) is 0 Å². The molecule has 108 valence electrons. The van der Waals surface area contributed by atoms with Crippen molar-refractivity contribution in [2.24, 2.45) is 0 Å². The van der Waals surface area contributed by atoms with Crippen LogP contribution in [0.1, 0.15) is 21.5 Å². The van der Waals surface area contributed by atoms with Gasteiger partial charge < -0.3 is 9.84 Å². The van der Waals surface area contributed by atoms with E-state index in [0.717, 1.165) is 0 Å². The third-order valence-electron chi connectivity index (χ3n) is 2.88. The highest BCUT2D eigenvalue weighted by Crippen LogP contribution is 2.31. The average Bonchev–Trinajstić information content (AvgIpc) is 2.41. The number of hydrogen-bond donors (Lipinski definition) is 1. The van der Waals surface area contributed by atoms with Gasteiger partial charge in [-0.25, -0.2) is 4.79 Å². The van der Waals surface area contributed by atoms with Crippen molar-refractivity contribution in [1.29, 1.82) is 0 Å². The van der Waals surface area contributed by atoms with Crippen LogP contribution in [0.15, 0.2) is 30.6 Å². The maximum atomic E-state index is 10.9. The fraction of sp³-hybridized carbons (Fsp3) is 0.143. The van der Waals surface area contributed by atoms with E-state index in [0.29, 0.717) is 11.1 Å². The van der Waals surface area contributed by atoms with Crippen LogP contribution in [0, 0.1) is 24.0 Å². The number of ether oxygens (including phenoxy) is 1. The summed E-state index contributed by atoms with van der Waals surface area (Å²) in [6.07, 6.45) is 2.54. The number of nitrogens with zero attached hydrogens (tertiary/aromatic N) is 2. The minimum Gasteiger partial charge on any atom is -0.478 e. The van der Waals surface area contributed by atoms with Gasteiger partial charge in [-0.3, -0.25) is 15.1 Å². The molecule has 0 saturated heterocycles. The molecule has 0 atom stereocenters. The number of carbonyl (C=O) groups is 1. The van der Waals surface area contributed by atoms with Gasteiger partial charge in [-0.15, -0.1) is 0 Å². The van der Waals surface area contributed by atoms with E-state index < -0.39 is 10.9 Å². The van der Waals surface area contributed by atoms with Crippen molar-refractivity contribution in [2.45, 2.75) is 13.8 Å². The summed E-state index contributed by atoms with van der Waals surface area (Å²) in [5.41, 5.74) is 1.16. The lowest BCUT2D eigenvalue weighted by atomic mass is 10.1. The Hall–Kier alpha value is -2.96. The monoisotopic (exact) mass is 288 g/mol. The van der Waals surface area contributed by atoms with Crippen molar-refractivity contribution in [3.8, 4) is 11.5 Å². The molecule has 0 saturated carbocycles. The predicted molar refractivity (Wildman–Crippen MR) is 73.8 cm³/mol. The highest BCUT2D eigenvalue weighted by molar-refractivity contribution is 5.87. The van der Waals surface area contributed by atoms with Gasteiger partial charge in [0.25, 0.3) is 5.69 Å². The maximum Gasteiger partial charge on any atom is 0.337 e. The molecule has 0 fully saturated rings. The quantitative estimate of drug-likeness (QED) is 0.685. The molecule has 2 rings (SSSR count). The number of benzene rings is 1. The topological polar surface area (TPSA) is 103 Å². The summed E-state index contributed by atoms with van der Waals surface area (Å²) in [6, 6.07) is 4.26. The Morgan fingerprint density at radius 1 is 1.24 bits per heavy atom. The van der Waals surface area contributed by atoms with Gasteiger partial charge in [0.15, 0.2) is 0 Å². The summed E-state index contributed by atoms with van der Waals surface area (Å²) in [7, 11) is 0. The number of rotatable bonds is 4. The molecular weight excluding hydrogens is 276 g/mol. The lowest BCUT2D eigenvalue weighted by Crippen LogP contribution is -1.99. The summed E-state index contributed by atoms with van der Waals surface area (Å²) >= 11 is 0. The molecule has 2 aromatic rings. The van der Waals surface area contributed by atoms with E-state index in [9.17, 15) is 14.9 Å². The first kappa shape index (κ1) is 14.4. The van der Waals surface area contributed by atoms with Crippen molar-refractivity contribution in [3.05, 3.63) is 57.4 Å². The van der Waals surface area contributed by atoms with Crippen molar-refractivity contribution < 1.29 is 19.6 Å². The van der Waals surface area contributed by atoms with E-state index >= 15 is 0 Å². The third-order valence-corrected chi connectivity index (χ3v) is 2.88. The number of carboxylic acids is 1. The predicted octanol–water partition coefficient (Wildman–Crippen LogP) is 3.10. The molecule has 0 aliphatic rings. The summed E-state index contributed by atoms with van der Waals surface area (Å²) in [5.74, 6) is -0.632. The van der Waals surface area contributed by atoms with Gasteiger partial charge in [0, 0.05) is 11.8 Å². The van der Waals surface area contributed by atoms with Gasteiger partial charge in [-0.2, -0.15) is 0 Å². The van der Waals surface area contributed by atoms with Crippen molar-refractivity contribution in [3.63, 3.8) is 0 Å². The van der Waals surface area contributed by atoms with Gasteiger partial charge in [0.2, 0.25) is 0 Å². The second-order valence-corrected chi connectivity index (χ2v) is 4.48. The average molecular weight is 288 g/mol. The number of nitro benzene ring substituents is 1. The molecule has 21 heavy (non-hydrogen) atoms. The van der Waals surface area contributed by atoms with E-state index in [4.69, 9.17) is 9.84 Å². The fourth-order valence-electron chi connectivity index (χ4n) is 1.85. The Labute approximate surface area is 120 Å². The van der Waals surface area contributed by atoms with Crippen LogP contribution < -0.4 is 4.74 Å². The van der Waals surface area contributed by atoms with Crippen molar-refractivity contribution >= 4 is 11.7 Å². The van der Waals surface area contributed by atoms with Crippen molar-refractivity contribution in [2.75, 3.05) is 0 Å². The van der Waals surface area contributed by atoms with Gasteiger partial charge >= 0.3 is 5.97 Å². The van der Waals surface area contributed by atoms with E-state index in [1.54, 1.807) is 19.9 Å². The number of nitro groups is 1. The molecule has 0 aliphatic carbocycles. The van der Waals surface area contributed by atoms with Gasteiger partial charge in [0.05, 0.1) is 22.7 Å². The normalized spacial score (nSPS) is 10.2. The second kappa shape index (κ2) is 5.58. The molecule has 0 bridgehead atoms. The molecule has 7 nitrogen and oxygen atoms in total. The van der Waals surface area contributed by atoms with E-state index in [1.807, 2.05) is 0 Å². The van der Waals surface area contributed by atoms with Crippen LogP contribution in [0.4, 0.5) is 5.69 Å². The lowest BCUT2D eigenvalue weighted by molar-refractivity contribution is -0.385. The molecule has 1 aromatic heterocycles. The van der Waals surface area contributed by atoms with Crippen LogP contribution >= 0.6 is 0 Å². The molecule has 7 heteroatoms. The Balaban J connectivity index is 2.39. The summed E-state index contributed by atoms with van der Waals surface area (Å²) < 4.78 is 5.52. The first-order valence-electron chi connectivity index (χ1n) is 6.00. The zero-order chi connectivity index (χ0) is 15.6. The minimum absolute atomic E-state index is 0.0215. The Morgan fingerprint density at radius 2 is 1.95 bits per heavy atom. The minimum atomic E-state index is -1.13. The molecule has 0 spiro atoms. The Bertz CT molecular complexity index is 727. The maximum absolute atomic E-state index is 10.9. The first-order valence-corrected chi connectivity index (χ1v) is 6.00. The summed E-state index contributed by atoms with van der Waals surface area (Å²) in [6.45, 7) is 3.39. The lowest BCUT2D eigenvalue weighted by Gasteiger charge is -2.10. The smallest absolute Gasteiger partial charge is 0.337 e. The number of hydrogen-bond acceptors (Lipinski definition) is 5. The van der Waals surface area contributed by atoms with Crippen LogP contribution in [0.3, 0.4) is 0 Å². The van der Waals surface area contributed by atoms with Crippen LogP contribution in [0.5, 0.6) is 11.5 Å². The SMILES string of the molecule is Cc1cc(C)c([N+](=O)[O-])cc1Oc1cncc(C(=O)O)c1. The van der Waals surface area contributed by atoms with Crippen molar-refractivity contribution in [1.82, 2.24) is 4.98 Å². The molecule has 0 aliphatic heterocycles. The van der Waals surface area contributed by atoms with E-state index in [-0.39, 0.29) is 22.7 Å². The zero-order valence-electron chi connectivity index (χ0n) is 11.4. The first-order chi connectivity index (χ1) is 9.88. The summed E-state index contributed by atoms with van der Waals surface area (Å²) in [5, 5.41) is 19.8. The van der Waals surface area contributed by atoms with Gasteiger partial charge in [-0.1, -0.05) is 0 Å². The standard InChI is InChI=1S/C14H12N2O5/c1-8-3-9(2)13(5-12(8)16(19)20)21-11-4-10(14(17)18)6-15-7-11/h3-7H,1-2H3,(H,17,18). The number of aromatic carboxylic acids is 1. The van der Waals surface area contributed by atoms with Crippen LogP contribution in [-0.4, -0.2) is 21.0 Å². The van der Waals surface area contributed by atoms with E-state index in [2.05, 4.69) is 4.98 Å². The molecule has 1 heterocycles. The zero-order valence-corrected chi connectivity index (χ0v) is 11.4. The number of aryl methyl sites for hydroxylation is 2. The van der Waals surface area contributed by atoms with Crippen LogP contribution in [0.25, 0.3) is 0 Å². The van der Waals surface area contributed by atoms with Crippen LogP contribution in [0.2, 0.25) is 0 Å². The molecule has 0 amide bonds. The van der Waals surface area contributed by atoms with E-state index in [1.165, 1.54) is 24.5 Å². The fourth-order valence-corrected chi connectivity index (χ4v) is 1.85. The number of aromatic nitrogens is 1. The molecule has 1 N–H and O–H groups in total. The number of carboxylic acid groups (broad SMARTS) is 1. The van der Waals surface area contributed by atoms with Gasteiger partial charge in [-0.05, 0) is 31.5 Å². The third kappa shape index (κ3) is 3.14. The summed E-state index contributed by atoms with van der Waals surface area (Å²) in [4.78, 5) is 25.1. The molecule has 0 unspecified atom stereocenters. The van der Waals surface area contributed by atoms with Gasteiger partial charge in [0.1, 0.15) is 11.5 Å². The highest BCUT2D eigenvalue weighted by atomic mass is 16.6. The molecule has 1 aromatic carbocycles. The highest BCUT2D eigenvalue weighted by Gasteiger charge is 2.15. The Morgan fingerprint density at radius 3 is 2.57 bits per heavy atom. The molecular formula is C14H12N2O5. The molecule has 0 radical (unpaired) electrons. The largest absolute Gasteiger partial charge is 0.478 e. The second-order valence-electron chi connectivity index (χ2n) is 4.48.